The second-order valence-corrected chi connectivity index (χ2v) is 4.29. The maximum Gasteiger partial charge on any atom is 0.335 e. The lowest BCUT2D eigenvalue weighted by Crippen LogP contribution is -2.06. The first-order chi connectivity index (χ1) is 10.6. The molecule has 0 saturated carbocycles. The first-order valence-electron chi connectivity index (χ1n) is 6.37. The predicted octanol–water partition coefficient (Wildman–Crippen LogP) is 3.92. The fourth-order valence-corrected chi connectivity index (χ4v) is 1.59. The van der Waals surface area contributed by atoms with Crippen LogP contribution in [0, 0.1) is 0 Å². The molecule has 2 aromatic carbocycles. The SMILES string of the molecule is C=CC(=O)Nc1ccc(N=Nc2ccc(C(=O)O)cc2)cc1. The summed E-state index contributed by atoms with van der Waals surface area (Å²) in [6, 6.07) is 12.9. The molecule has 0 aromatic heterocycles. The molecule has 110 valence electrons. The summed E-state index contributed by atoms with van der Waals surface area (Å²) < 4.78 is 0. The molecule has 6 heteroatoms. The Labute approximate surface area is 126 Å². The zero-order valence-corrected chi connectivity index (χ0v) is 11.6. The minimum Gasteiger partial charge on any atom is -0.478 e. The standard InChI is InChI=1S/C16H13N3O3/c1-2-15(20)17-12-7-9-14(10-8-12)19-18-13-5-3-11(4-6-13)16(21)22/h2-10H,1H2,(H,17,20)(H,21,22). The Balaban J connectivity index is 2.05. The normalized spacial score (nSPS) is 10.4. The fourth-order valence-electron chi connectivity index (χ4n) is 1.59. The van der Waals surface area contributed by atoms with Gasteiger partial charge in [-0.25, -0.2) is 4.79 Å². The van der Waals surface area contributed by atoms with Gasteiger partial charge < -0.3 is 10.4 Å². The summed E-state index contributed by atoms with van der Waals surface area (Å²) in [6.07, 6.45) is 1.19. The van der Waals surface area contributed by atoms with E-state index in [-0.39, 0.29) is 11.5 Å². The van der Waals surface area contributed by atoms with Gasteiger partial charge in [-0.2, -0.15) is 10.2 Å². The van der Waals surface area contributed by atoms with Crippen LogP contribution in [0.1, 0.15) is 10.4 Å². The molecular formula is C16H13N3O3. The van der Waals surface area contributed by atoms with Gasteiger partial charge in [-0.1, -0.05) is 6.58 Å². The second kappa shape index (κ2) is 6.94. The van der Waals surface area contributed by atoms with E-state index in [0.29, 0.717) is 17.1 Å². The van der Waals surface area contributed by atoms with Crippen LogP contribution in [0.3, 0.4) is 0 Å². The van der Waals surface area contributed by atoms with E-state index in [0.717, 1.165) is 0 Å². The topological polar surface area (TPSA) is 91.1 Å². The van der Waals surface area contributed by atoms with Crippen LogP contribution >= 0.6 is 0 Å². The first kappa shape index (κ1) is 15.1. The second-order valence-electron chi connectivity index (χ2n) is 4.29. The summed E-state index contributed by atoms with van der Waals surface area (Å²) >= 11 is 0. The number of azo groups is 1. The van der Waals surface area contributed by atoms with Crippen molar-refractivity contribution in [3.63, 3.8) is 0 Å². The number of amides is 1. The quantitative estimate of drug-likeness (QED) is 0.646. The molecule has 22 heavy (non-hydrogen) atoms. The van der Waals surface area contributed by atoms with E-state index in [4.69, 9.17) is 5.11 Å². The minimum atomic E-state index is -0.986. The average molecular weight is 295 g/mol. The van der Waals surface area contributed by atoms with Gasteiger partial charge in [0.25, 0.3) is 0 Å². The molecule has 0 atom stereocenters. The van der Waals surface area contributed by atoms with Crippen LogP contribution in [0.15, 0.2) is 71.4 Å². The Kier molecular flexibility index (Phi) is 4.77. The highest BCUT2D eigenvalue weighted by Crippen LogP contribution is 2.20. The molecule has 0 saturated heterocycles. The van der Waals surface area contributed by atoms with Crippen LogP contribution in [0.25, 0.3) is 0 Å². The maximum absolute atomic E-state index is 11.1. The monoisotopic (exact) mass is 295 g/mol. The molecule has 2 N–H and O–H groups in total. The fraction of sp³-hybridized carbons (Fsp3) is 0. The number of hydrogen-bond acceptors (Lipinski definition) is 4. The Morgan fingerprint density at radius 2 is 1.45 bits per heavy atom. The van der Waals surface area contributed by atoms with Crippen LogP contribution < -0.4 is 5.32 Å². The molecule has 0 bridgehead atoms. The lowest BCUT2D eigenvalue weighted by molar-refractivity contribution is -0.111. The van der Waals surface area contributed by atoms with Gasteiger partial charge in [0, 0.05) is 5.69 Å². The van der Waals surface area contributed by atoms with Gasteiger partial charge in [-0.3, -0.25) is 4.79 Å². The number of benzene rings is 2. The molecule has 0 unspecified atom stereocenters. The Hall–Kier alpha value is -3.28. The van der Waals surface area contributed by atoms with E-state index in [9.17, 15) is 9.59 Å². The number of nitrogens with zero attached hydrogens (tertiary/aromatic N) is 2. The van der Waals surface area contributed by atoms with Crippen molar-refractivity contribution < 1.29 is 14.7 Å². The number of anilines is 1. The van der Waals surface area contributed by atoms with E-state index in [1.807, 2.05) is 0 Å². The molecule has 0 fully saturated rings. The Morgan fingerprint density at radius 3 is 1.91 bits per heavy atom. The third-order valence-electron chi connectivity index (χ3n) is 2.72. The van der Waals surface area contributed by atoms with Gasteiger partial charge >= 0.3 is 5.97 Å². The largest absolute Gasteiger partial charge is 0.478 e. The van der Waals surface area contributed by atoms with Crippen molar-refractivity contribution in [2.24, 2.45) is 10.2 Å². The smallest absolute Gasteiger partial charge is 0.335 e. The summed E-state index contributed by atoms with van der Waals surface area (Å²) in [5.74, 6) is -1.27. The lowest BCUT2D eigenvalue weighted by Gasteiger charge is -2.01. The average Bonchev–Trinajstić information content (AvgIpc) is 2.54. The highest BCUT2D eigenvalue weighted by molar-refractivity contribution is 5.98. The van der Waals surface area contributed by atoms with E-state index >= 15 is 0 Å². The lowest BCUT2D eigenvalue weighted by atomic mass is 10.2. The number of rotatable bonds is 5. The molecule has 0 spiro atoms. The summed E-state index contributed by atoms with van der Waals surface area (Å²) in [4.78, 5) is 21.9. The van der Waals surface area contributed by atoms with Gasteiger partial charge in [0.1, 0.15) is 0 Å². The van der Waals surface area contributed by atoms with Gasteiger partial charge in [-0.15, -0.1) is 0 Å². The number of carbonyl (C=O) groups is 2. The van der Waals surface area contributed by atoms with Crippen LogP contribution in [0.2, 0.25) is 0 Å². The van der Waals surface area contributed by atoms with Gasteiger partial charge in [0.05, 0.1) is 16.9 Å². The van der Waals surface area contributed by atoms with Crippen LogP contribution in [0.4, 0.5) is 17.1 Å². The number of carboxylic acids is 1. The first-order valence-corrected chi connectivity index (χ1v) is 6.37. The number of nitrogens with one attached hydrogen (secondary N) is 1. The molecule has 2 rings (SSSR count). The van der Waals surface area contributed by atoms with Crippen LogP contribution in [0.5, 0.6) is 0 Å². The van der Waals surface area contributed by atoms with Crippen molar-refractivity contribution in [3.8, 4) is 0 Å². The van der Waals surface area contributed by atoms with E-state index in [1.165, 1.54) is 18.2 Å². The van der Waals surface area contributed by atoms with Gasteiger partial charge in [0.2, 0.25) is 5.91 Å². The molecule has 6 nitrogen and oxygen atoms in total. The highest BCUT2D eigenvalue weighted by atomic mass is 16.4. The van der Waals surface area contributed by atoms with E-state index < -0.39 is 5.97 Å². The third kappa shape index (κ3) is 4.11. The molecule has 2 aromatic rings. The number of hydrogen-bond donors (Lipinski definition) is 2. The molecular weight excluding hydrogens is 282 g/mol. The summed E-state index contributed by atoms with van der Waals surface area (Å²) in [6.45, 7) is 3.37. The highest BCUT2D eigenvalue weighted by Gasteiger charge is 2.01. The molecule has 0 heterocycles. The van der Waals surface area contributed by atoms with Crippen molar-refractivity contribution in [1.82, 2.24) is 0 Å². The Morgan fingerprint density at radius 1 is 0.955 bits per heavy atom. The number of aromatic carboxylic acids is 1. The molecule has 1 amide bonds. The predicted molar refractivity (Wildman–Crippen MR) is 82.8 cm³/mol. The molecule has 0 aliphatic heterocycles. The molecule has 0 aliphatic carbocycles. The van der Waals surface area contributed by atoms with Crippen LogP contribution in [-0.4, -0.2) is 17.0 Å². The van der Waals surface area contributed by atoms with Gasteiger partial charge in [-0.05, 0) is 54.6 Å². The zero-order chi connectivity index (χ0) is 15.9. The van der Waals surface area contributed by atoms with Crippen LogP contribution in [-0.2, 0) is 4.79 Å². The summed E-state index contributed by atoms with van der Waals surface area (Å²) in [7, 11) is 0. The maximum atomic E-state index is 11.1. The van der Waals surface area contributed by atoms with Crippen molar-refractivity contribution in [2.75, 3.05) is 5.32 Å². The van der Waals surface area contributed by atoms with Crippen molar-refractivity contribution in [2.45, 2.75) is 0 Å². The van der Waals surface area contributed by atoms with Crippen molar-refractivity contribution in [3.05, 3.63) is 66.7 Å². The zero-order valence-electron chi connectivity index (χ0n) is 11.6. The van der Waals surface area contributed by atoms with Gasteiger partial charge in [0.15, 0.2) is 0 Å². The number of carboxylic acid groups (broad SMARTS) is 1. The van der Waals surface area contributed by atoms with Crippen molar-refractivity contribution >= 4 is 28.9 Å². The Bertz CT molecular complexity index is 719. The van der Waals surface area contributed by atoms with E-state index in [1.54, 1.807) is 36.4 Å². The number of carbonyl (C=O) groups excluding carboxylic acids is 1. The summed E-state index contributed by atoms with van der Waals surface area (Å²) in [5.41, 5.74) is 1.99. The summed E-state index contributed by atoms with van der Waals surface area (Å²) in [5, 5.41) is 19.5. The minimum absolute atomic E-state index is 0.196. The molecule has 0 radical (unpaired) electrons. The molecule has 0 aliphatic rings. The third-order valence-corrected chi connectivity index (χ3v) is 2.72. The van der Waals surface area contributed by atoms with Crippen molar-refractivity contribution in [1.29, 1.82) is 0 Å². The van der Waals surface area contributed by atoms with E-state index in [2.05, 4.69) is 22.1 Å².